The van der Waals surface area contributed by atoms with Gasteiger partial charge < -0.3 is 15.1 Å². The van der Waals surface area contributed by atoms with Crippen LogP contribution in [-0.2, 0) is 15.8 Å². The number of alkyl halides is 3. The van der Waals surface area contributed by atoms with E-state index in [1.54, 1.807) is 24.9 Å². The third-order valence-electron chi connectivity index (χ3n) is 6.10. The number of carbonyl (C=O) groups excluding carboxylic acids is 3. The molecule has 0 bridgehead atoms. The summed E-state index contributed by atoms with van der Waals surface area (Å²) in [5.74, 6) is -1.07. The molecule has 2 fully saturated rings. The summed E-state index contributed by atoms with van der Waals surface area (Å²) in [7, 11) is 0. The molecule has 1 aliphatic heterocycles. The SMILES string of the molecule is C=CC(=O)N1CCN(C(=O)c2cc(Sc3cnc(NC(=O)C4CC4)s3)c(C)cc2C(F)(F)F)CC1C. The Kier molecular flexibility index (Phi) is 7.46. The summed E-state index contributed by atoms with van der Waals surface area (Å²) < 4.78 is 42.4. The van der Waals surface area contributed by atoms with Gasteiger partial charge in [-0.25, -0.2) is 4.98 Å². The number of hydrogen-bond acceptors (Lipinski definition) is 6. The lowest BCUT2D eigenvalue weighted by molar-refractivity contribution is -0.138. The van der Waals surface area contributed by atoms with E-state index in [0.29, 0.717) is 19.8 Å². The Morgan fingerprint density at radius 1 is 1.25 bits per heavy atom. The van der Waals surface area contributed by atoms with Crippen LogP contribution in [0.2, 0.25) is 0 Å². The number of benzene rings is 1. The maximum Gasteiger partial charge on any atom is 0.417 e. The molecule has 192 valence electrons. The van der Waals surface area contributed by atoms with Crippen LogP contribution >= 0.6 is 23.1 Å². The number of piperazine rings is 1. The zero-order valence-electron chi connectivity index (χ0n) is 19.7. The number of rotatable bonds is 6. The molecule has 2 aromatic rings. The first-order valence-corrected chi connectivity index (χ1v) is 13.0. The number of aryl methyl sites for hydroxylation is 1. The van der Waals surface area contributed by atoms with Gasteiger partial charge in [0.15, 0.2) is 5.13 Å². The Balaban J connectivity index is 1.57. The van der Waals surface area contributed by atoms with E-state index in [4.69, 9.17) is 0 Å². The molecular weight excluding hydrogens is 513 g/mol. The molecule has 12 heteroatoms. The molecule has 3 amide bonds. The van der Waals surface area contributed by atoms with Crippen LogP contribution in [0.15, 0.2) is 40.1 Å². The first kappa shape index (κ1) is 26.2. The molecule has 1 N–H and O–H groups in total. The number of halogens is 3. The van der Waals surface area contributed by atoms with E-state index >= 15 is 0 Å². The molecule has 0 radical (unpaired) electrons. The minimum atomic E-state index is -4.71. The van der Waals surface area contributed by atoms with Crippen LogP contribution in [0.5, 0.6) is 0 Å². The molecule has 1 saturated carbocycles. The van der Waals surface area contributed by atoms with E-state index in [1.165, 1.54) is 40.1 Å². The summed E-state index contributed by atoms with van der Waals surface area (Å²) >= 11 is 2.42. The normalized spacial score (nSPS) is 18.2. The number of amides is 3. The van der Waals surface area contributed by atoms with Crippen LogP contribution in [0.4, 0.5) is 18.3 Å². The van der Waals surface area contributed by atoms with Gasteiger partial charge in [-0.3, -0.25) is 14.4 Å². The molecule has 2 heterocycles. The van der Waals surface area contributed by atoms with E-state index in [0.717, 1.165) is 18.9 Å². The molecule has 1 unspecified atom stereocenters. The molecule has 1 aromatic carbocycles. The van der Waals surface area contributed by atoms with Crippen molar-refractivity contribution in [3.05, 3.63) is 47.7 Å². The van der Waals surface area contributed by atoms with Crippen molar-refractivity contribution in [3.63, 3.8) is 0 Å². The van der Waals surface area contributed by atoms with Crippen molar-refractivity contribution < 1.29 is 27.6 Å². The molecule has 1 aromatic heterocycles. The van der Waals surface area contributed by atoms with Gasteiger partial charge >= 0.3 is 6.18 Å². The zero-order chi connectivity index (χ0) is 26.2. The third-order valence-corrected chi connectivity index (χ3v) is 8.27. The van der Waals surface area contributed by atoms with Crippen molar-refractivity contribution in [2.75, 3.05) is 25.0 Å². The largest absolute Gasteiger partial charge is 0.417 e. The van der Waals surface area contributed by atoms with Gasteiger partial charge in [0.25, 0.3) is 5.91 Å². The molecule has 36 heavy (non-hydrogen) atoms. The first-order chi connectivity index (χ1) is 17.0. The van der Waals surface area contributed by atoms with Crippen molar-refractivity contribution in [2.24, 2.45) is 5.92 Å². The maximum absolute atomic E-state index is 13.9. The molecule has 4 rings (SSSR count). The Morgan fingerprint density at radius 2 is 1.97 bits per heavy atom. The smallest absolute Gasteiger partial charge is 0.335 e. The van der Waals surface area contributed by atoms with Crippen LogP contribution in [0, 0.1) is 12.8 Å². The summed E-state index contributed by atoms with van der Waals surface area (Å²) in [4.78, 5) is 44.8. The minimum Gasteiger partial charge on any atom is -0.335 e. The van der Waals surface area contributed by atoms with Crippen LogP contribution in [-0.4, -0.2) is 58.2 Å². The predicted octanol–water partition coefficient (Wildman–Crippen LogP) is 4.83. The fraction of sp³-hybridized carbons (Fsp3) is 0.417. The zero-order valence-corrected chi connectivity index (χ0v) is 21.4. The second-order valence-corrected chi connectivity index (χ2v) is 11.2. The molecule has 1 saturated heterocycles. The highest BCUT2D eigenvalue weighted by Crippen LogP contribution is 2.41. The average molecular weight is 539 g/mol. The average Bonchev–Trinajstić information content (AvgIpc) is 3.59. The number of aromatic nitrogens is 1. The second-order valence-electron chi connectivity index (χ2n) is 8.85. The standard InChI is InChI=1S/C24H25F3N4O3S2/c1-4-19(32)31-8-7-30(12-14(31)3)22(34)16-10-18(13(2)9-17(16)24(25,26)27)35-20-11-28-23(36-20)29-21(33)15-5-6-15/h4,9-11,14-15H,1,5-8,12H2,2-3H3,(H,28,29,33). The topological polar surface area (TPSA) is 82.6 Å². The lowest BCUT2D eigenvalue weighted by Crippen LogP contribution is -2.55. The van der Waals surface area contributed by atoms with Crippen molar-refractivity contribution in [3.8, 4) is 0 Å². The quantitative estimate of drug-likeness (QED) is 0.533. The van der Waals surface area contributed by atoms with Crippen molar-refractivity contribution in [2.45, 2.75) is 48.0 Å². The Bertz CT molecular complexity index is 1210. The fourth-order valence-corrected chi connectivity index (χ4v) is 5.94. The van der Waals surface area contributed by atoms with Gasteiger partial charge in [-0.05, 0) is 50.5 Å². The van der Waals surface area contributed by atoms with E-state index in [1.807, 2.05) is 0 Å². The van der Waals surface area contributed by atoms with Gasteiger partial charge in [0.05, 0.1) is 21.5 Å². The highest BCUT2D eigenvalue weighted by Gasteiger charge is 2.38. The molecular formula is C24H25F3N4O3S2. The predicted molar refractivity (Wildman–Crippen MR) is 131 cm³/mol. The van der Waals surface area contributed by atoms with Gasteiger partial charge in [0.1, 0.15) is 0 Å². The van der Waals surface area contributed by atoms with Gasteiger partial charge in [0.2, 0.25) is 11.8 Å². The molecule has 2 aliphatic rings. The molecule has 1 aliphatic carbocycles. The summed E-state index contributed by atoms with van der Waals surface area (Å²) in [6.07, 6.45) is -0.261. The van der Waals surface area contributed by atoms with Gasteiger partial charge in [-0.2, -0.15) is 13.2 Å². The fourth-order valence-electron chi connectivity index (χ4n) is 3.99. The summed E-state index contributed by atoms with van der Waals surface area (Å²) in [5.41, 5.74) is -1.05. The summed E-state index contributed by atoms with van der Waals surface area (Å²) in [6, 6.07) is 1.91. The van der Waals surface area contributed by atoms with E-state index in [2.05, 4.69) is 16.9 Å². The number of hydrogen-bond donors (Lipinski definition) is 1. The van der Waals surface area contributed by atoms with Crippen molar-refractivity contribution >= 4 is 46.0 Å². The lowest BCUT2D eigenvalue weighted by Gasteiger charge is -2.39. The van der Waals surface area contributed by atoms with Crippen molar-refractivity contribution in [1.82, 2.24) is 14.8 Å². The minimum absolute atomic E-state index is 0.0233. The summed E-state index contributed by atoms with van der Waals surface area (Å²) in [6.45, 7) is 7.21. The van der Waals surface area contributed by atoms with E-state index < -0.39 is 23.2 Å². The highest BCUT2D eigenvalue weighted by molar-refractivity contribution is 8.01. The third kappa shape index (κ3) is 5.75. The first-order valence-electron chi connectivity index (χ1n) is 11.4. The summed E-state index contributed by atoms with van der Waals surface area (Å²) in [5, 5.41) is 3.18. The monoisotopic (exact) mass is 538 g/mol. The number of anilines is 1. The van der Waals surface area contributed by atoms with E-state index in [9.17, 15) is 27.6 Å². The second kappa shape index (κ2) is 10.3. The number of thiazole rings is 1. The number of nitrogens with zero attached hydrogens (tertiary/aromatic N) is 3. The van der Waals surface area contributed by atoms with Crippen LogP contribution in [0.25, 0.3) is 0 Å². The molecule has 1 atom stereocenters. The molecule has 7 nitrogen and oxygen atoms in total. The Labute approximate surface area is 214 Å². The number of nitrogens with one attached hydrogen (secondary N) is 1. The number of carbonyl (C=O) groups is 3. The molecule has 0 spiro atoms. The van der Waals surface area contributed by atoms with Gasteiger partial charge in [-0.1, -0.05) is 29.7 Å². The Morgan fingerprint density at radius 3 is 2.58 bits per heavy atom. The Hall–Kier alpha value is -2.86. The van der Waals surface area contributed by atoms with Crippen LogP contribution < -0.4 is 5.32 Å². The van der Waals surface area contributed by atoms with Gasteiger partial charge in [0, 0.05) is 36.5 Å². The maximum atomic E-state index is 13.9. The van der Waals surface area contributed by atoms with E-state index in [-0.39, 0.29) is 43.4 Å². The highest BCUT2D eigenvalue weighted by atomic mass is 32.2. The van der Waals surface area contributed by atoms with Crippen LogP contribution in [0.1, 0.15) is 41.3 Å². The van der Waals surface area contributed by atoms with Gasteiger partial charge in [-0.15, -0.1) is 0 Å². The lowest BCUT2D eigenvalue weighted by atomic mass is 10.0. The van der Waals surface area contributed by atoms with Crippen molar-refractivity contribution in [1.29, 1.82) is 0 Å². The van der Waals surface area contributed by atoms with Crippen LogP contribution in [0.3, 0.4) is 0 Å².